The van der Waals surface area contributed by atoms with Crippen molar-refractivity contribution in [3.8, 4) is 23.0 Å². The van der Waals surface area contributed by atoms with Crippen LogP contribution in [0.3, 0.4) is 0 Å². The van der Waals surface area contributed by atoms with Crippen molar-refractivity contribution >= 4 is 5.91 Å². The predicted octanol–water partition coefficient (Wildman–Crippen LogP) is 2.49. The minimum Gasteiger partial charge on any atom is -0.414 e. The number of nitrogens with zero attached hydrogens (tertiary/aromatic N) is 6. The zero-order valence-electron chi connectivity index (χ0n) is 14.8. The van der Waals surface area contributed by atoms with Crippen molar-refractivity contribution in [2.24, 2.45) is 0 Å². The van der Waals surface area contributed by atoms with Crippen molar-refractivity contribution in [3.63, 3.8) is 0 Å². The van der Waals surface area contributed by atoms with E-state index in [4.69, 9.17) is 4.42 Å². The van der Waals surface area contributed by atoms with Crippen LogP contribution >= 0.6 is 0 Å². The van der Waals surface area contributed by atoms with Gasteiger partial charge in [0.05, 0.1) is 12.2 Å². The van der Waals surface area contributed by atoms with E-state index in [0.717, 1.165) is 37.1 Å². The lowest BCUT2D eigenvalue weighted by molar-refractivity contribution is -0.130. The Morgan fingerprint density at radius 1 is 1.15 bits per heavy atom. The SMILES string of the molecule is CC(=O)N1CCC(n2cc(-c3nnc(-c4cccc(C)c4)o3)nn2)CC1. The molecule has 0 unspecified atom stereocenters. The number of carbonyl (C=O) groups is 1. The van der Waals surface area contributed by atoms with Gasteiger partial charge >= 0.3 is 0 Å². The second-order valence-electron chi connectivity index (χ2n) is 6.60. The number of rotatable bonds is 3. The van der Waals surface area contributed by atoms with Crippen LogP contribution in [0.25, 0.3) is 23.0 Å². The van der Waals surface area contributed by atoms with Crippen LogP contribution in [0.15, 0.2) is 34.9 Å². The second-order valence-corrected chi connectivity index (χ2v) is 6.60. The molecule has 8 nitrogen and oxygen atoms in total. The van der Waals surface area contributed by atoms with Gasteiger partial charge in [0.25, 0.3) is 5.89 Å². The fraction of sp³-hybridized carbons (Fsp3) is 0.389. The molecule has 0 radical (unpaired) electrons. The van der Waals surface area contributed by atoms with E-state index in [1.165, 1.54) is 0 Å². The number of likely N-dealkylation sites (tertiary alicyclic amines) is 1. The highest BCUT2D eigenvalue weighted by Gasteiger charge is 2.24. The van der Waals surface area contributed by atoms with E-state index in [1.54, 1.807) is 6.92 Å². The number of carbonyl (C=O) groups excluding carboxylic acids is 1. The molecule has 3 aromatic rings. The molecule has 1 aromatic carbocycles. The molecule has 1 aliphatic heterocycles. The van der Waals surface area contributed by atoms with Crippen LogP contribution in [0.4, 0.5) is 0 Å². The lowest BCUT2D eigenvalue weighted by atomic mass is 10.1. The van der Waals surface area contributed by atoms with Crippen LogP contribution in [0.5, 0.6) is 0 Å². The van der Waals surface area contributed by atoms with Crippen molar-refractivity contribution in [3.05, 3.63) is 36.0 Å². The maximum absolute atomic E-state index is 11.4. The lowest BCUT2D eigenvalue weighted by Crippen LogP contribution is -2.37. The van der Waals surface area contributed by atoms with Gasteiger partial charge in [-0.2, -0.15) is 0 Å². The molecule has 1 fully saturated rings. The zero-order chi connectivity index (χ0) is 18.1. The van der Waals surface area contributed by atoms with E-state index in [9.17, 15) is 4.79 Å². The Labute approximate surface area is 150 Å². The summed E-state index contributed by atoms with van der Waals surface area (Å²) in [5.41, 5.74) is 2.57. The van der Waals surface area contributed by atoms with Gasteiger partial charge in [-0.15, -0.1) is 15.3 Å². The van der Waals surface area contributed by atoms with Gasteiger partial charge in [-0.3, -0.25) is 4.79 Å². The summed E-state index contributed by atoms with van der Waals surface area (Å²) in [6, 6.07) is 8.13. The lowest BCUT2D eigenvalue weighted by Gasteiger charge is -2.30. The molecule has 0 saturated carbocycles. The average molecular weight is 352 g/mol. The third-order valence-corrected chi connectivity index (χ3v) is 4.70. The highest BCUT2D eigenvalue weighted by molar-refractivity contribution is 5.73. The summed E-state index contributed by atoms with van der Waals surface area (Å²) in [6.07, 6.45) is 3.56. The third-order valence-electron chi connectivity index (χ3n) is 4.70. The molecule has 8 heteroatoms. The number of piperidine rings is 1. The second kappa shape index (κ2) is 6.70. The number of hydrogen-bond acceptors (Lipinski definition) is 6. The molecule has 1 amide bonds. The molecule has 26 heavy (non-hydrogen) atoms. The van der Waals surface area contributed by atoms with Gasteiger partial charge in [0, 0.05) is 25.6 Å². The van der Waals surface area contributed by atoms with Gasteiger partial charge in [-0.1, -0.05) is 22.9 Å². The minimum atomic E-state index is 0.122. The molecule has 0 aliphatic carbocycles. The monoisotopic (exact) mass is 352 g/mol. The fourth-order valence-corrected chi connectivity index (χ4v) is 3.22. The first-order valence-corrected chi connectivity index (χ1v) is 8.68. The Morgan fingerprint density at radius 3 is 2.65 bits per heavy atom. The summed E-state index contributed by atoms with van der Waals surface area (Å²) in [6.45, 7) is 5.11. The van der Waals surface area contributed by atoms with Crippen LogP contribution in [0, 0.1) is 6.92 Å². The maximum Gasteiger partial charge on any atom is 0.270 e. The number of amides is 1. The summed E-state index contributed by atoms with van der Waals surface area (Å²) < 4.78 is 7.61. The predicted molar refractivity (Wildman–Crippen MR) is 94.0 cm³/mol. The van der Waals surface area contributed by atoms with Crippen molar-refractivity contribution in [2.75, 3.05) is 13.1 Å². The van der Waals surface area contributed by atoms with Crippen LogP contribution in [-0.2, 0) is 4.79 Å². The standard InChI is InChI=1S/C18H20N6O2/c1-12-4-3-5-14(10-12)17-20-21-18(26-17)16-11-24(22-19-16)15-6-8-23(9-7-15)13(2)25/h3-5,10-11,15H,6-9H2,1-2H3. The number of hydrogen-bond donors (Lipinski definition) is 0. The number of aromatic nitrogens is 5. The summed E-state index contributed by atoms with van der Waals surface area (Å²) in [4.78, 5) is 13.3. The first-order valence-electron chi connectivity index (χ1n) is 8.68. The summed E-state index contributed by atoms with van der Waals surface area (Å²) in [5, 5.41) is 16.6. The van der Waals surface area contributed by atoms with Gasteiger partial charge in [0.1, 0.15) is 0 Å². The molecule has 0 spiro atoms. The van der Waals surface area contributed by atoms with E-state index in [-0.39, 0.29) is 11.9 Å². The Balaban J connectivity index is 1.50. The van der Waals surface area contributed by atoms with E-state index >= 15 is 0 Å². The molecular formula is C18H20N6O2. The third kappa shape index (κ3) is 3.22. The van der Waals surface area contributed by atoms with E-state index in [0.29, 0.717) is 17.5 Å². The summed E-state index contributed by atoms with van der Waals surface area (Å²) >= 11 is 0. The van der Waals surface area contributed by atoms with Crippen molar-refractivity contribution in [1.29, 1.82) is 0 Å². The molecule has 0 atom stereocenters. The molecule has 2 aromatic heterocycles. The van der Waals surface area contributed by atoms with Crippen LogP contribution in [0.1, 0.15) is 31.4 Å². The van der Waals surface area contributed by atoms with Crippen molar-refractivity contribution in [1.82, 2.24) is 30.1 Å². The smallest absolute Gasteiger partial charge is 0.270 e. The van der Waals surface area contributed by atoms with Crippen molar-refractivity contribution < 1.29 is 9.21 Å². The fourth-order valence-electron chi connectivity index (χ4n) is 3.22. The van der Waals surface area contributed by atoms with E-state index in [2.05, 4.69) is 20.5 Å². The molecule has 1 saturated heterocycles. The Bertz CT molecular complexity index is 923. The largest absolute Gasteiger partial charge is 0.414 e. The Hall–Kier alpha value is -3.03. The minimum absolute atomic E-state index is 0.122. The summed E-state index contributed by atoms with van der Waals surface area (Å²) in [7, 11) is 0. The molecule has 4 rings (SSSR count). The van der Waals surface area contributed by atoms with Gasteiger partial charge in [-0.25, -0.2) is 4.68 Å². The van der Waals surface area contributed by atoms with Gasteiger partial charge in [-0.05, 0) is 31.9 Å². The molecule has 1 aliphatic rings. The quantitative estimate of drug-likeness (QED) is 0.719. The first-order chi connectivity index (χ1) is 12.6. The average Bonchev–Trinajstić information content (AvgIpc) is 3.31. The highest BCUT2D eigenvalue weighted by atomic mass is 16.4. The maximum atomic E-state index is 11.4. The molecule has 3 heterocycles. The van der Waals surface area contributed by atoms with Crippen molar-refractivity contribution in [2.45, 2.75) is 32.7 Å². The van der Waals surface area contributed by atoms with E-state index < -0.39 is 0 Å². The Morgan fingerprint density at radius 2 is 1.92 bits per heavy atom. The van der Waals surface area contributed by atoms with Crippen LogP contribution < -0.4 is 0 Å². The zero-order valence-corrected chi connectivity index (χ0v) is 14.8. The Kier molecular flexibility index (Phi) is 4.24. The molecular weight excluding hydrogens is 332 g/mol. The topological polar surface area (TPSA) is 89.9 Å². The molecule has 0 bridgehead atoms. The van der Waals surface area contributed by atoms with Crippen LogP contribution in [-0.4, -0.2) is 49.1 Å². The number of benzene rings is 1. The first kappa shape index (κ1) is 16.4. The van der Waals surface area contributed by atoms with Gasteiger partial charge in [0.15, 0.2) is 5.69 Å². The number of aryl methyl sites for hydroxylation is 1. The molecule has 134 valence electrons. The molecule has 0 N–H and O–H groups in total. The van der Waals surface area contributed by atoms with E-state index in [1.807, 2.05) is 47.0 Å². The normalized spacial score (nSPS) is 15.4. The van der Waals surface area contributed by atoms with Gasteiger partial charge in [0.2, 0.25) is 11.8 Å². The van der Waals surface area contributed by atoms with Crippen LogP contribution in [0.2, 0.25) is 0 Å². The highest BCUT2D eigenvalue weighted by Crippen LogP contribution is 2.26. The summed E-state index contributed by atoms with van der Waals surface area (Å²) in [5.74, 6) is 0.944. The van der Waals surface area contributed by atoms with Gasteiger partial charge < -0.3 is 9.32 Å².